The molecule has 15 N–H and O–H groups in total. The molecule has 706 valence electrons. The minimum Gasteiger partial charge on any atom is -0.487 e. The van der Waals surface area contributed by atoms with E-state index in [9.17, 15) is 29.1 Å². The van der Waals surface area contributed by atoms with Gasteiger partial charge in [-0.15, -0.1) is 0 Å². The third-order valence-electron chi connectivity index (χ3n) is 22.2. The zero-order valence-corrected chi connectivity index (χ0v) is 78.7. The minimum atomic E-state index is -5.36. The molecule has 33 nitrogen and oxygen atoms in total. The number of unbranched alkanes of at least 4 members (excludes halogenated alkanes) is 1. The first-order chi connectivity index (χ1) is 60.4. The molecule has 1 fully saturated rings. The normalized spacial score (nSPS) is 15.8. The van der Waals surface area contributed by atoms with Gasteiger partial charge in [0.2, 0.25) is 41.4 Å². The molecule has 0 radical (unpaired) electrons. The topological polar surface area (TPSA) is 487 Å². The maximum atomic E-state index is 16.5. The van der Waals surface area contributed by atoms with Gasteiger partial charge in [-0.25, -0.2) is 22.3 Å². The second kappa shape index (κ2) is 46.6. The smallest absolute Gasteiger partial charge is 0.407 e. The number of esters is 1. The Morgan fingerprint density at radius 1 is 0.620 bits per heavy atom. The van der Waals surface area contributed by atoms with Gasteiger partial charge in [-0.2, -0.15) is 0 Å². The molecule has 0 aromatic heterocycles. The molecule has 0 unspecified atom stereocenters. The molecule has 0 bridgehead atoms. The molecule has 129 heavy (non-hydrogen) atoms. The van der Waals surface area contributed by atoms with Crippen molar-refractivity contribution in [1.82, 2.24) is 51.7 Å². The van der Waals surface area contributed by atoms with Gasteiger partial charge in [0.25, 0.3) is 21.8 Å². The second-order valence-electron chi connectivity index (χ2n) is 37.4. The van der Waals surface area contributed by atoms with Gasteiger partial charge in [-0.1, -0.05) is 131 Å². The van der Waals surface area contributed by atoms with Crippen LogP contribution in [-0.2, 0) is 104 Å². The van der Waals surface area contributed by atoms with Gasteiger partial charge in [0.1, 0.15) is 76.9 Å². The molecule has 34 heteroatoms. The highest BCUT2D eigenvalue weighted by Gasteiger charge is 2.49. The first-order valence-electron chi connectivity index (χ1n) is 44.4. The largest absolute Gasteiger partial charge is 0.487 e. The number of likely N-dealkylation sites (tertiary alicyclic amines) is 1. The van der Waals surface area contributed by atoms with Crippen molar-refractivity contribution in [2.45, 2.75) is 303 Å². The number of aliphatic carboxylic acids is 1. The Morgan fingerprint density at radius 3 is 1.74 bits per heavy atom. The standard InChI is InChI=1S/C95H136N14O19S/c1-19-57(4)77(88(119)109(129(123,124)79-59(6)58(5)78-66(60(79)7)54-95(17,18)127-78)75(43-32-48-99-90(97)98)86(117)102-69(89(120)121)42-30-31-47-100-91(122)128-94(14,15)16)107-84(115)72(52-62-36-24-21-25-37-62)104-81(112)70(50-56(2)3)103-83(114)73(53-76(110)126-93(11,12)13)105-82(113)71(51-61-34-22-20-23-35-61)106-85(116)74-44-33-49-108(74)87(118)65-40-28-26-38-63(65)45-46-64-39-27-29-41-68(64)101-80(111)67(96)55-125-92(8,9)10/h20-29,34-41,56-57,67,69-75,77H,19,30-33,42-55,96H2,1-18H3,(H,100,122)(H,101,111)(H,102,117)(H,103,114)(H,104,112)(H,105,113)(H,106,116)(H,107,115)(H,120,121)(H4,97,98,99)/t57-,67-,69-,70-,71-,72-,73-,74-,75-,77-/m0/s1. The van der Waals surface area contributed by atoms with Gasteiger partial charge < -0.3 is 88.3 Å². The molecule has 5 aromatic carbocycles. The van der Waals surface area contributed by atoms with E-state index in [1.807, 2.05) is 52.8 Å². The van der Waals surface area contributed by atoms with Gasteiger partial charge in [0.05, 0.1) is 23.5 Å². The van der Waals surface area contributed by atoms with Crippen LogP contribution >= 0.6 is 0 Å². The second-order valence-corrected chi connectivity index (χ2v) is 39.2. The summed E-state index contributed by atoms with van der Waals surface area (Å²) in [5.74, 6) is -12.1. The van der Waals surface area contributed by atoms with Crippen molar-refractivity contribution in [1.29, 1.82) is 5.41 Å². The summed E-state index contributed by atoms with van der Waals surface area (Å²) < 4.78 is 56.5. The van der Waals surface area contributed by atoms with E-state index in [2.05, 4.69) is 47.9 Å². The number of carboxylic acids is 1. The fourth-order valence-corrected chi connectivity index (χ4v) is 17.6. The summed E-state index contributed by atoms with van der Waals surface area (Å²) in [4.78, 5) is 178. The summed E-state index contributed by atoms with van der Waals surface area (Å²) in [5.41, 5.74) is 13.3. The lowest BCUT2D eigenvalue weighted by atomic mass is 9.94. The molecular weight excluding hydrogens is 1670 g/mol. The lowest BCUT2D eigenvalue weighted by Gasteiger charge is -2.36. The summed E-state index contributed by atoms with van der Waals surface area (Å²) in [7, 11) is -5.36. The number of nitrogens with one attached hydrogen (secondary N) is 10. The number of hydrogen-bond acceptors (Lipinski definition) is 20. The number of benzene rings is 5. The average molecular weight is 1810 g/mol. The predicted molar refractivity (Wildman–Crippen MR) is 490 cm³/mol. The lowest BCUT2D eigenvalue weighted by Crippen LogP contribution is -2.63. The number of carbonyl (C=O) groups excluding carboxylic acids is 11. The van der Waals surface area contributed by atoms with Crippen LogP contribution < -0.4 is 64.1 Å². The summed E-state index contributed by atoms with van der Waals surface area (Å²) in [6, 6.07) is 17.1. The Morgan fingerprint density at radius 2 is 1.16 bits per heavy atom. The monoisotopic (exact) mass is 1810 g/mol. The summed E-state index contributed by atoms with van der Waals surface area (Å²) in [5, 5.41) is 43.2. The maximum absolute atomic E-state index is 16.5. The van der Waals surface area contributed by atoms with Crippen LogP contribution in [0.3, 0.4) is 0 Å². The minimum absolute atomic E-state index is 0.00363. The molecule has 10 amide bonds. The van der Waals surface area contributed by atoms with Gasteiger partial charge in [0.15, 0.2) is 5.96 Å². The van der Waals surface area contributed by atoms with E-state index in [4.69, 9.17) is 35.8 Å². The molecule has 2 aliphatic rings. The molecule has 5 aromatic rings. The number of nitrogens with zero attached hydrogens (tertiary/aromatic N) is 2. The molecule has 1 saturated heterocycles. The van der Waals surface area contributed by atoms with Gasteiger partial charge in [-0.05, 0) is 224 Å². The molecular formula is C95H136N14O19S. The molecule has 7 rings (SSSR count). The summed E-state index contributed by atoms with van der Waals surface area (Å²) in [6.45, 7) is 30.6. The van der Waals surface area contributed by atoms with E-state index in [0.29, 0.717) is 68.4 Å². The number of amides is 10. The SMILES string of the molecule is CC[C@H](C)[C@H](NC(=O)[C@H](Cc1ccccc1)NC(=O)[C@H](CC(C)C)NC(=O)[C@H](CC(=O)OC(C)(C)C)NC(=O)[C@H](Cc1ccccc1)NC(=O)[C@@H]1CCCN1C(=O)c1ccccc1CCc1ccccc1NC(=O)[C@@H](N)COC(C)(C)C)C(=O)N([C@@H](CCCNC(=N)N)C(=O)N[C@@H](CCCCNC(=O)OC(C)(C)C)C(=O)O)S(=O)(=O)c1c(C)c(C)c2c(c1C)CC(C)(C)O2. The number of sulfonamides is 1. The van der Waals surface area contributed by atoms with Crippen molar-refractivity contribution in [3.8, 4) is 5.75 Å². The number of fused-ring (bicyclic) bond motifs is 1. The first kappa shape index (κ1) is 105. The number of carboxylic acid groups (broad SMARTS) is 1. The number of alkyl carbamates (subject to hydrolysis) is 1. The van der Waals surface area contributed by atoms with Crippen molar-refractivity contribution in [2.75, 3.05) is 31.6 Å². The van der Waals surface area contributed by atoms with E-state index in [1.165, 1.54) is 11.8 Å². The predicted octanol–water partition coefficient (Wildman–Crippen LogP) is 8.64. The van der Waals surface area contributed by atoms with Crippen LogP contribution in [0, 0.1) is 38.0 Å². The Balaban J connectivity index is 1.21. The van der Waals surface area contributed by atoms with E-state index in [0.717, 1.165) is 5.56 Å². The average Bonchev–Trinajstić information content (AvgIpc) is 1.69. The zero-order chi connectivity index (χ0) is 95.8. The van der Waals surface area contributed by atoms with Crippen molar-refractivity contribution in [3.63, 3.8) is 0 Å². The maximum Gasteiger partial charge on any atom is 0.407 e. The molecule has 0 spiro atoms. The van der Waals surface area contributed by atoms with Crippen LogP contribution in [-0.4, -0.2) is 203 Å². The van der Waals surface area contributed by atoms with Gasteiger partial charge in [0, 0.05) is 55.7 Å². The number of nitrogens with two attached hydrogens (primary N) is 2. The van der Waals surface area contributed by atoms with Crippen molar-refractivity contribution < 1.29 is 90.0 Å². The van der Waals surface area contributed by atoms with E-state index in [-0.39, 0.29) is 106 Å². The Hall–Kier alpha value is -11.5. The van der Waals surface area contributed by atoms with E-state index >= 15 is 42.0 Å². The number of anilines is 1. The number of para-hydroxylation sites is 1. The van der Waals surface area contributed by atoms with E-state index < -0.39 is 189 Å². The fraction of sp³-hybridized carbons (Fsp3) is 0.547. The van der Waals surface area contributed by atoms with E-state index in [1.54, 1.807) is 174 Å². The van der Waals surface area contributed by atoms with Gasteiger partial charge in [-0.3, -0.25) is 53.4 Å². The highest BCUT2D eigenvalue weighted by Crippen LogP contribution is 2.45. The van der Waals surface area contributed by atoms with Crippen LogP contribution in [0.4, 0.5) is 10.5 Å². The van der Waals surface area contributed by atoms with Crippen LogP contribution in [0.15, 0.2) is 114 Å². The molecule has 0 saturated carbocycles. The number of hydrogen-bond donors (Lipinski definition) is 13. The number of aryl methyl sites for hydroxylation is 2. The molecule has 0 aliphatic carbocycles. The summed E-state index contributed by atoms with van der Waals surface area (Å²) in [6.07, 6.45) is -1.04. The lowest BCUT2D eigenvalue weighted by molar-refractivity contribution is -0.156. The van der Waals surface area contributed by atoms with Gasteiger partial charge >= 0.3 is 18.0 Å². The highest BCUT2D eigenvalue weighted by atomic mass is 32.2. The van der Waals surface area contributed by atoms with Crippen LogP contribution in [0.5, 0.6) is 5.75 Å². The van der Waals surface area contributed by atoms with Crippen molar-refractivity contribution >= 4 is 92.9 Å². The number of guanidine groups is 1. The number of rotatable bonds is 44. The Labute approximate surface area is 758 Å². The van der Waals surface area contributed by atoms with Crippen LogP contribution in [0.25, 0.3) is 0 Å². The third kappa shape index (κ3) is 31.4. The Bertz CT molecular complexity index is 4910. The number of carbonyl (C=O) groups is 12. The third-order valence-corrected chi connectivity index (χ3v) is 24.3. The Kier molecular flexibility index (Phi) is 37.8. The first-order valence-corrected chi connectivity index (χ1v) is 45.8. The zero-order valence-electron chi connectivity index (χ0n) is 77.9. The quantitative estimate of drug-likeness (QED) is 0.00750. The van der Waals surface area contributed by atoms with Crippen LogP contribution in [0.2, 0.25) is 0 Å². The van der Waals surface area contributed by atoms with Crippen LogP contribution in [0.1, 0.15) is 223 Å². The molecule has 2 heterocycles. The van der Waals surface area contributed by atoms with Crippen molar-refractivity contribution in [3.05, 3.63) is 159 Å². The molecule has 2 aliphatic heterocycles. The highest BCUT2D eigenvalue weighted by molar-refractivity contribution is 7.89. The number of ether oxygens (including phenoxy) is 4. The summed E-state index contributed by atoms with van der Waals surface area (Å²) >= 11 is 0. The van der Waals surface area contributed by atoms with Crippen molar-refractivity contribution in [2.24, 2.45) is 23.3 Å². The fourth-order valence-electron chi connectivity index (χ4n) is 15.4. The molecule has 10 atom stereocenters.